The molecule has 0 aliphatic rings. The molecule has 0 radical (unpaired) electrons. The van der Waals surface area contributed by atoms with Gasteiger partial charge in [-0.1, -0.05) is 27.7 Å². The second kappa shape index (κ2) is 5.75. The third-order valence-electron chi connectivity index (χ3n) is 2.80. The minimum absolute atomic E-state index is 0.266. The number of aromatic carboxylic acids is 1. The number of nitrogens with zero attached hydrogens (tertiary/aromatic N) is 2. The van der Waals surface area contributed by atoms with Gasteiger partial charge in [0.1, 0.15) is 16.2 Å². The molecular formula is C14H9BrN2O2S2. The quantitative estimate of drug-likeness (QED) is 0.672. The number of carbonyl (C=O) groups is 1. The SMILES string of the molecule is Cc1cc2c(Sc3cc(Br)ccc3C(=O)O)ncnc2s1. The summed E-state index contributed by atoms with van der Waals surface area (Å²) in [5.41, 5.74) is 0.266. The Labute approximate surface area is 137 Å². The van der Waals surface area contributed by atoms with E-state index in [-0.39, 0.29) is 5.56 Å². The molecular weight excluding hydrogens is 372 g/mol. The van der Waals surface area contributed by atoms with Crippen LogP contribution >= 0.6 is 39.0 Å². The molecule has 3 aromatic rings. The number of carboxylic acids is 1. The molecule has 106 valence electrons. The monoisotopic (exact) mass is 380 g/mol. The van der Waals surface area contributed by atoms with Crippen LogP contribution in [-0.4, -0.2) is 21.0 Å². The largest absolute Gasteiger partial charge is 0.478 e. The Kier molecular flexibility index (Phi) is 3.97. The predicted molar refractivity (Wildman–Crippen MR) is 87.4 cm³/mol. The fourth-order valence-corrected chi connectivity index (χ4v) is 4.35. The van der Waals surface area contributed by atoms with Crippen molar-refractivity contribution < 1.29 is 9.90 Å². The lowest BCUT2D eigenvalue weighted by Crippen LogP contribution is -1.98. The molecule has 3 rings (SSSR count). The van der Waals surface area contributed by atoms with Crippen molar-refractivity contribution in [2.24, 2.45) is 0 Å². The van der Waals surface area contributed by atoms with E-state index in [2.05, 4.69) is 25.9 Å². The number of rotatable bonds is 3. The first kappa shape index (κ1) is 14.5. The van der Waals surface area contributed by atoms with Gasteiger partial charge in [0.25, 0.3) is 0 Å². The van der Waals surface area contributed by atoms with Gasteiger partial charge in [0.2, 0.25) is 0 Å². The van der Waals surface area contributed by atoms with E-state index in [9.17, 15) is 9.90 Å². The highest BCUT2D eigenvalue weighted by Gasteiger charge is 2.15. The van der Waals surface area contributed by atoms with Crippen molar-refractivity contribution in [3.05, 3.63) is 45.5 Å². The van der Waals surface area contributed by atoms with Gasteiger partial charge in [-0.15, -0.1) is 11.3 Å². The predicted octanol–water partition coefficient (Wildman–Crippen LogP) is 4.61. The van der Waals surface area contributed by atoms with Crippen LogP contribution in [-0.2, 0) is 0 Å². The molecule has 1 aromatic carbocycles. The lowest BCUT2D eigenvalue weighted by atomic mass is 10.2. The second-order valence-electron chi connectivity index (χ2n) is 4.30. The summed E-state index contributed by atoms with van der Waals surface area (Å²) in [4.78, 5) is 22.6. The number of aryl methyl sites for hydroxylation is 1. The highest BCUT2D eigenvalue weighted by atomic mass is 79.9. The summed E-state index contributed by atoms with van der Waals surface area (Å²) < 4.78 is 0.835. The van der Waals surface area contributed by atoms with E-state index in [1.54, 1.807) is 29.5 Å². The van der Waals surface area contributed by atoms with Crippen molar-refractivity contribution in [2.45, 2.75) is 16.8 Å². The zero-order valence-electron chi connectivity index (χ0n) is 10.8. The van der Waals surface area contributed by atoms with Crippen LogP contribution in [0.1, 0.15) is 15.2 Å². The maximum absolute atomic E-state index is 11.3. The Hall–Kier alpha value is -1.44. The van der Waals surface area contributed by atoms with Crippen LogP contribution in [0.3, 0.4) is 0 Å². The van der Waals surface area contributed by atoms with Crippen LogP contribution in [0, 0.1) is 6.92 Å². The minimum Gasteiger partial charge on any atom is -0.478 e. The maximum atomic E-state index is 11.3. The molecule has 0 saturated heterocycles. The summed E-state index contributed by atoms with van der Waals surface area (Å²) in [5, 5.41) is 11.0. The number of hydrogen-bond acceptors (Lipinski definition) is 5. The summed E-state index contributed by atoms with van der Waals surface area (Å²) in [6, 6.07) is 7.13. The second-order valence-corrected chi connectivity index (χ2v) is 7.48. The number of hydrogen-bond donors (Lipinski definition) is 1. The molecule has 4 nitrogen and oxygen atoms in total. The Bertz CT molecular complexity index is 848. The van der Waals surface area contributed by atoms with E-state index in [4.69, 9.17) is 0 Å². The van der Waals surface area contributed by atoms with Crippen molar-refractivity contribution in [1.29, 1.82) is 0 Å². The average molecular weight is 381 g/mol. The van der Waals surface area contributed by atoms with Gasteiger partial charge in [-0.3, -0.25) is 0 Å². The summed E-state index contributed by atoms with van der Waals surface area (Å²) in [7, 11) is 0. The standard InChI is InChI=1S/C14H9BrN2O2S2/c1-7-4-10-12(20-7)16-6-17-13(10)21-11-5-8(15)2-3-9(11)14(18)19/h2-6H,1H3,(H,18,19). The molecule has 0 saturated carbocycles. The molecule has 0 aliphatic carbocycles. The molecule has 0 aliphatic heterocycles. The maximum Gasteiger partial charge on any atom is 0.336 e. The summed E-state index contributed by atoms with van der Waals surface area (Å²) in [6.45, 7) is 2.02. The highest BCUT2D eigenvalue weighted by Crippen LogP contribution is 2.36. The molecule has 1 N–H and O–H groups in total. The average Bonchev–Trinajstić information content (AvgIpc) is 2.80. The molecule has 2 heterocycles. The summed E-state index contributed by atoms with van der Waals surface area (Å²) >= 11 is 6.32. The van der Waals surface area contributed by atoms with Crippen molar-refractivity contribution in [1.82, 2.24) is 9.97 Å². The fourth-order valence-electron chi connectivity index (χ4n) is 1.90. The zero-order valence-corrected chi connectivity index (χ0v) is 14.1. The van der Waals surface area contributed by atoms with Gasteiger partial charge < -0.3 is 5.11 Å². The number of benzene rings is 1. The Morgan fingerprint density at radius 1 is 1.33 bits per heavy atom. The van der Waals surface area contributed by atoms with Crippen LogP contribution in [0.25, 0.3) is 10.2 Å². The van der Waals surface area contributed by atoms with E-state index in [0.717, 1.165) is 24.6 Å². The van der Waals surface area contributed by atoms with Crippen LogP contribution in [0.5, 0.6) is 0 Å². The normalized spacial score (nSPS) is 11.0. The van der Waals surface area contributed by atoms with Gasteiger partial charge >= 0.3 is 5.97 Å². The molecule has 0 atom stereocenters. The summed E-state index contributed by atoms with van der Waals surface area (Å²) in [6.07, 6.45) is 1.51. The van der Waals surface area contributed by atoms with Crippen molar-refractivity contribution in [2.75, 3.05) is 0 Å². The lowest BCUT2D eigenvalue weighted by Gasteiger charge is -2.06. The van der Waals surface area contributed by atoms with E-state index in [0.29, 0.717) is 4.90 Å². The van der Waals surface area contributed by atoms with Crippen LogP contribution in [0.2, 0.25) is 0 Å². The van der Waals surface area contributed by atoms with E-state index >= 15 is 0 Å². The molecule has 0 bridgehead atoms. The number of thiophene rings is 1. The molecule has 0 fully saturated rings. The lowest BCUT2D eigenvalue weighted by molar-refractivity contribution is 0.0693. The molecule has 0 amide bonds. The smallest absolute Gasteiger partial charge is 0.336 e. The van der Waals surface area contributed by atoms with E-state index in [1.807, 2.05) is 13.0 Å². The van der Waals surface area contributed by atoms with Gasteiger partial charge in [0.15, 0.2) is 0 Å². The first-order valence-electron chi connectivity index (χ1n) is 5.96. The molecule has 7 heteroatoms. The van der Waals surface area contributed by atoms with Crippen molar-refractivity contribution in [3.63, 3.8) is 0 Å². The number of aromatic nitrogens is 2. The molecule has 0 spiro atoms. The first-order chi connectivity index (χ1) is 10.0. The van der Waals surface area contributed by atoms with Gasteiger partial charge in [-0.05, 0) is 31.2 Å². The molecule has 21 heavy (non-hydrogen) atoms. The van der Waals surface area contributed by atoms with E-state index < -0.39 is 5.97 Å². The number of carboxylic acid groups (broad SMARTS) is 1. The number of fused-ring (bicyclic) bond motifs is 1. The van der Waals surface area contributed by atoms with Crippen molar-refractivity contribution >= 4 is 55.2 Å². The Balaban J connectivity index is 2.10. The van der Waals surface area contributed by atoms with Gasteiger partial charge in [0, 0.05) is 19.6 Å². The Morgan fingerprint density at radius 3 is 2.90 bits per heavy atom. The van der Waals surface area contributed by atoms with Gasteiger partial charge in [0.05, 0.1) is 5.56 Å². The topological polar surface area (TPSA) is 63.1 Å². The Morgan fingerprint density at radius 2 is 2.14 bits per heavy atom. The third-order valence-corrected chi connectivity index (χ3v) is 5.32. The first-order valence-corrected chi connectivity index (χ1v) is 8.39. The number of halogens is 1. The van der Waals surface area contributed by atoms with E-state index in [1.165, 1.54) is 18.1 Å². The molecule has 0 unspecified atom stereocenters. The minimum atomic E-state index is -0.947. The van der Waals surface area contributed by atoms with Crippen LogP contribution < -0.4 is 0 Å². The molecule has 2 aromatic heterocycles. The van der Waals surface area contributed by atoms with Crippen molar-refractivity contribution in [3.8, 4) is 0 Å². The van der Waals surface area contributed by atoms with Crippen LogP contribution in [0.4, 0.5) is 0 Å². The highest BCUT2D eigenvalue weighted by molar-refractivity contribution is 9.10. The fraction of sp³-hybridized carbons (Fsp3) is 0.0714. The van der Waals surface area contributed by atoms with Gasteiger partial charge in [-0.2, -0.15) is 0 Å². The zero-order chi connectivity index (χ0) is 15.0. The van der Waals surface area contributed by atoms with Crippen LogP contribution in [0.15, 0.2) is 45.0 Å². The third kappa shape index (κ3) is 2.95. The summed E-state index contributed by atoms with van der Waals surface area (Å²) in [5.74, 6) is -0.947. The van der Waals surface area contributed by atoms with Gasteiger partial charge in [-0.25, -0.2) is 14.8 Å².